The third-order valence-corrected chi connectivity index (χ3v) is 2.53. The monoisotopic (exact) mass is 208 g/mol. The van der Waals surface area contributed by atoms with Gasteiger partial charge in [-0.05, 0) is 38.0 Å². The van der Waals surface area contributed by atoms with E-state index in [2.05, 4.69) is 11.8 Å². The van der Waals surface area contributed by atoms with Gasteiger partial charge < -0.3 is 15.7 Å². The van der Waals surface area contributed by atoms with Gasteiger partial charge >= 0.3 is 0 Å². The summed E-state index contributed by atoms with van der Waals surface area (Å²) >= 11 is 0. The molecule has 0 amide bonds. The first kappa shape index (κ1) is 11.9. The molecule has 3 nitrogen and oxygen atoms in total. The van der Waals surface area contributed by atoms with Crippen LogP contribution in [0.3, 0.4) is 0 Å². The zero-order chi connectivity index (χ0) is 11.4. The maximum atomic E-state index is 9.22. The van der Waals surface area contributed by atoms with Crippen molar-refractivity contribution in [1.29, 1.82) is 0 Å². The summed E-state index contributed by atoms with van der Waals surface area (Å²) in [7, 11) is 2.02. The fraction of sp³-hybridized carbons (Fsp3) is 0.500. The van der Waals surface area contributed by atoms with Crippen LogP contribution in [0.5, 0.6) is 0 Å². The van der Waals surface area contributed by atoms with Crippen LogP contribution in [0, 0.1) is 6.92 Å². The summed E-state index contributed by atoms with van der Waals surface area (Å²) in [5.41, 5.74) is 8.86. The predicted octanol–water partition coefficient (Wildman–Crippen LogP) is 1.78. The average Bonchev–Trinajstić information content (AvgIpc) is 2.18. The Morgan fingerprint density at radius 2 is 2.13 bits per heavy atom. The maximum Gasteiger partial charge on any atom is 0.0528 e. The van der Waals surface area contributed by atoms with E-state index < -0.39 is 0 Å². The van der Waals surface area contributed by atoms with Gasteiger partial charge in [0.15, 0.2) is 0 Å². The second-order valence-electron chi connectivity index (χ2n) is 4.11. The van der Waals surface area contributed by atoms with Gasteiger partial charge in [0.05, 0.1) is 6.10 Å². The lowest BCUT2D eigenvalue weighted by molar-refractivity contribution is 0.187. The minimum Gasteiger partial charge on any atom is -0.399 e. The number of hydrogen-bond acceptors (Lipinski definition) is 3. The molecule has 0 radical (unpaired) electrons. The number of nitrogens with zero attached hydrogens (tertiary/aromatic N) is 1. The lowest BCUT2D eigenvalue weighted by Crippen LogP contribution is -2.22. The van der Waals surface area contributed by atoms with E-state index in [-0.39, 0.29) is 6.10 Å². The molecule has 0 fully saturated rings. The Hall–Kier alpha value is -1.22. The molecule has 0 aliphatic carbocycles. The fourth-order valence-electron chi connectivity index (χ4n) is 1.54. The Labute approximate surface area is 91.5 Å². The zero-order valence-corrected chi connectivity index (χ0v) is 9.70. The third kappa shape index (κ3) is 3.44. The highest BCUT2D eigenvalue weighted by atomic mass is 16.3. The number of aliphatic hydroxyl groups excluding tert-OH is 1. The second kappa shape index (κ2) is 5.03. The predicted molar refractivity (Wildman–Crippen MR) is 65.2 cm³/mol. The Bertz CT molecular complexity index is 323. The Kier molecular flexibility index (Phi) is 3.97. The molecule has 1 aromatic carbocycles. The number of rotatable bonds is 4. The maximum absolute atomic E-state index is 9.22. The van der Waals surface area contributed by atoms with Gasteiger partial charge in [-0.1, -0.05) is 6.07 Å². The summed E-state index contributed by atoms with van der Waals surface area (Å²) in [6.07, 6.45) is 0.513. The molecular weight excluding hydrogens is 188 g/mol. The first-order valence-corrected chi connectivity index (χ1v) is 5.26. The van der Waals surface area contributed by atoms with Crippen LogP contribution in [0.1, 0.15) is 18.9 Å². The van der Waals surface area contributed by atoms with Crippen LogP contribution in [-0.4, -0.2) is 24.8 Å². The van der Waals surface area contributed by atoms with Crippen LogP contribution < -0.4 is 10.6 Å². The summed E-state index contributed by atoms with van der Waals surface area (Å²) in [5.74, 6) is 0. The quantitative estimate of drug-likeness (QED) is 0.742. The van der Waals surface area contributed by atoms with Crippen LogP contribution in [-0.2, 0) is 0 Å². The Balaban J connectivity index is 2.72. The van der Waals surface area contributed by atoms with Crippen molar-refractivity contribution in [2.75, 3.05) is 24.2 Å². The van der Waals surface area contributed by atoms with E-state index in [4.69, 9.17) is 5.73 Å². The number of hydrogen-bond donors (Lipinski definition) is 2. The topological polar surface area (TPSA) is 49.5 Å². The van der Waals surface area contributed by atoms with E-state index in [1.165, 1.54) is 5.56 Å². The normalized spacial score (nSPS) is 12.5. The number of anilines is 2. The standard InChI is InChI=1S/C12H20N2O/c1-9-4-5-11(13)8-12(9)14(3)7-6-10(2)15/h4-5,8,10,15H,6-7,13H2,1-3H3. The van der Waals surface area contributed by atoms with Crippen molar-refractivity contribution in [3.63, 3.8) is 0 Å². The van der Waals surface area contributed by atoms with Crippen molar-refractivity contribution in [1.82, 2.24) is 0 Å². The van der Waals surface area contributed by atoms with Gasteiger partial charge in [-0.15, -0.1) is 0 Å². The molecular formula is C12H20N2O. The van der Waals surface area contributed by atoms with Gasteiger partial charge in [0.2, 0.25) is 0 Å². The van der Waals surface area contributed by atoms with E-state index in [1.54, 1.807) is 6.92 Å². The fourth-order valence-corrected chi connectivity index (χ4v) is 1.54. The molecule has 1 unspecified atom stereocenters. The first-order valence-electron chi connectivity index (χ1n) is 5.26. The van der Waals surface area contributed by atoms with Gasteiger partial charge in [0.1, 0.15) is 0 Å². The number of nitrogen functional groups attached to an aromatic ring is 1. The van der Waals surface area contributed by atoms with E-state index >= 15 is 0 Å². The van der Waals surface area contributed by atoms with Gasteiger partial charge in [0.25, 0.3) is 0 Å². The molecule has 0 aliphatic rings. The van der Waals surface area contributed by atoms with Crippen LogP contribution in [0.25, 0.3) is 0 Å². The molecule has 0 bridgehead atoms. The smallest absolute Gasteiger partial charge is 0.0528 e. The van der Waals surface area contributed by atoms with E-state index in [1.807, 2.05) is 25.2 Å². The van der Waals surface area contributed by atoms with Crippen molar-refractivity contribution in [3.05, 3.63) is 23.8 Å². The minimum atomic E-state index is -0.256. The lowest BCUT2D eigenvalue weighted by Gasteiger charge is -2.22. The number of aryl methyl sites for hydroxylation is 1. The summed E-state index contributed by atoms with van der Waals surface area (Å²) in [5, 5.41) is 9.22. The highest BCUT2D eigenvalue weighted by molar-refractivity contribution is 5.60. The lowest BCUT2D eigenvalue weighted by atomic mass is 10.1. The first-order chi connectivity index (χ1) is 7.00. The van der Waals surface area contributed by atoms with Crippen LogP contribution in [0.2, 0.25) is 0 Å². The third-order valence-electron chi connectivity index (χ3n) is 2.53. The SMILES string of the molecule is Cc1ccc(N)cc1N(C)CCC(C)O. The molecule has 0 heterocycles. The number of nitrogens with two attached hydrogens (primary N) is 1. The highest BCUT2D eigenvalue weighted by Crippen LogP contribution is 2.21. The number of aliphatic hydroxyl groups is 1. The van der Waals surface area contributed by atoms with Gasteiger partial charge in [0, 0.05) is 25.0 Å². The summed E-state index contributed by atoms with van der Waals surface area (Å²) in [6.45, 7) is 4.70. The number of benzene rings is 1. The summed E-state index contributed by atoms with van der Waals surface area (Å²) in [6, 6.07) is 5.89. The largest absolute Gasteiger partial charge is 0.399 e. The average molecular weight is 208 g/mol. The zero-order valence-electron chi connectivity index (χ0n) is 9.70. The Morgan fingerprint density at radius 1 is 1.47 bits per heavy atom. The van der Waals surface area contributed by atoms with Crippen LogP contribution in [0.15, 0.2) is 18.2 Å². The van der Waals surface area contributed by atoms with Gasteiger partial charge in [-0.2, -0.15) is 0 Å². The summed E-state index contributed by atoms with van der Waals surface area (Å²) in [4.78, 5) is 2.12. The van der Waals surface area contributed by atoms with Crippen molar-refractivity contribution in [2.45, 2.75) is 26.4 Å². The summed E-state index contributed by atoms with van der Waals surface area (Å²) < 4.78 is 0. The van der Waals surface area contributed by atoms with Crippen LogP contribution in [0.4, 0.5) is 11.4 Å². The van der Waals surface area contributed by atoms with Crippen LogP contribution >= 0.6 is 0 Å². The molecule has 15 heavy (non-hydrogen) atoms. The molecule has 1 atom stereocenters. The molecule has 0 saturated carbocycles. The van der Waals surface area contributed by atoms with Crippen molar-refractivity contribution < 1.29 is 5.11 Å². The molecule has 1 rings (SSSR count). The highest BCUT2D eigenvalue weighted by Gasteiger charge is 2.06. The molecule has 3 heteroatoms. The Morgan fingerprint density at radius 3 is 2.73 bits per heavy atom. The van der Waals surface area contributed by atoms with Crippen molar-refractivity contribution in [2.24, 2.45) is 0 Å². The van der Waals surface area contributed by atoms with Gasteiger partial charge in [-0.25, -0.2) is 0 Å². The van der Waals surface area contributed by atoms with E-state index in [9.17, 15) is 5.11 Å². The molecule has 3 N–H and O–H groups in total. The van der Waals surface area contributed by atoms with E-state index in [0.717, 1.165) is 24.3 Å². The molecule has 0 aromatic heterocycles. The second-order valence-corrected chi connectivity index (χ2v) is 4.11. The molecule has 84 valence electrons. The molecule has 0 spiro atoms. The van der Waals surface area contributed by atoms with E-state index in [0.29, 0.717) is 0 Å². The van der Waals surface area contributed by atoms with Gasteiger partial charge in [-0.3, -0.25) is 0 Å². The minimum absolute atomic E-state index is 0.256. The molecule has 1 aromatic rings. The van der Waals surface area contributed by atoms with Crippen molar-refractivity contribution >= 4 is 11.4 Å². The molecule has 0 aliphatic heterocycles. The molecule has 0 saturated heterocycles. The van der Waals surface area contributed by atoms with Crippen molar-refractivity contribution in [3.8, 4) is 0 Å².